The number of carbonyl (C=O) groups excluding carboxylic acids is 1. The Morgan fingerprint density at radius 2 is 2.07 bits per heavy atom. The van der Waals surface area contributed by atoms with Gasteiger partial charge in [0.1, 0.15) is 6.10 Å². The Labute approximate surface area is 169 Å². The average Bonchev–Trinajstić information content (AvgIpc) is 3.15. The average molecular weight is 426 g/mol. The summed E-state index contributed by atoms with van der Waals surface area (Å²) in [4.78, 5) is 11.7. The van der Waals surface area contributed by atoms with Crippen LogP contribution in [-0.2, 0) is 0 Å². The highest BCUT2D eigenvalue weighted by Gasteiger charge is 2.65. The van der Waals surface area contributed by atoms with E-state index in [1.165, 1.54) is 24.5 Å². The molecule has 1 saturated carbocycles. The summed E-state index contributed by atoms with van der Waals surface area (Å²) in [6.45, 7) is -0.648. The number of thiophene rings is 1. The number of primary amides is 1. The number of amides is 2. The highest BCUT2D eigenvalue weighted by atomic mass is 32.1. The molecule has 2 aromatic rings. The number of urea groups is 1. The molecule has 1 aromatic heterocycles. The summed E-state index contributed by atoms with van der Waals surface area (Å²) < 4.78 is 10.7. The van der Waals surface area contributed by atoms with Gasteiger partial charge in [-0.15, -0.1) is 11.3 Å². The van der Waals surface area contributed by atoms with Crippen molar-refractivity contribution in [1.82, 2.24) is 0 Å². The molecule has 3 rings (SSSR count). The molecule has 10 nitrogen and oxygen atoms in total. The lowest BCUT2D eigenvalue weighted by molar-refractivity contribution is -0.332. The Morgan fingerprint density at radius 3 is 2.69 bits per heavy atom. The number of aliphatic hydroxyl groups is 5. The summed E-state index contributed by atoms with van der Waals surface area (Å²) in [7, 11) is 1.39. The van der Waals surface area contributed by atoms with E-state index in [0.717, 1.165) is 10.4 Å². The number of ether oxygens (including phenoxy) is 2. The van der Waals surface area contributed by atoms with Crippen LogP contribution >= 0.6 is 11.3 Å². The third kappa shape index (κ3) is 3.75. The number of methoxy groups -OCH3 is 1. The summed E-state index contributed by atoms with van der Waals surface area (Å²) in [5.41, 5.74) is 4.14. The van der Waals surface area contributed by atoms with Crippen molar-refractivity contribution in [3.63, 3.8) is 0 Å². The molecule has 1 heterocycles. The lowest BCUT2D eigenvalue weighted by atomic mass is 9.64. The number of hydrogen-bond acceptors (Lipinski definition) is 9. The Hall–Kier alpha value is -2.41. The monoisotopic (exact) mass is 426 g/mol. The van der Waals surface area contributed by atoms with E-state index in [1.54, 1.807) is 23.6 Å². The molecule has 0 radical (unpaired) electrons. The molecule has 8 N–H and O–H groups in total. The second-order valence-electron chi connectivity index (χ2n) is 6.64. The van der Waals surface area contributed by atoms with Crippen molar-refractivity contribution in [2.75, 3.05) is 19.0 Å². The first-order valence-corrected chi connectivity index (χ1v) is 9.47. The normalized spacial score (nSPS) is 27.0. The number of hydrogen-bond donors (Lipinski definition) is 7. The molecule has 2 amide bonds. The van der Waals surface area contributed by atoms with E-state index in [1.807, 2.05) is 0 Å². The number of nitrogens with one attached hydrogen (secondary N) is 1. The molecule has 5 unspecified atom stereocenters. The molecule has 1 aliphatic carbocycles. The number of nitrogens with two attached hydrogens (primary N) is 1. The maximum Gasteiger partial charge on any atom is 0.316 e. The Kier molecular flexibility index (Phi) is 5.98. The van der Waals surface area contributed by atoms with Crippen molar-refractivity contribution in [3.05, 3.63) is 29.6 Å². The molecule has 29 heavy (non-hydrogen) atoms. The zero-order valence-corrected chi connectivity index (χ0v) is 16.2. The van der Waals surface area contributed by atoms with Gasteiger partial charge < -0.3 is 46.1 Å². The summed E-state index contributed by atoms with van der Waals surface area (Å²) in [5, 5.41) is 53.8. The second kappa shape index (κ2) is 8.14. The van der Waals surface area contributed by atoms with E-state index in [0.29, 0.717) is 5.69 Å². The Balaban J connectivity index is 1.81. The quantitative estimate of drug-likeness (QED) is 0.295. The molecular weight excluding hydrogens is 404 g/mol. The third-order valence-corrected chi connectivity index (χ3v) is 5.93. The van der Waals surface area contributed by atoms with Gasteiger partial charge in [-0.2, -0.15) is 0 Å². The molecule has 158 valence electrons. The first kappa shape index (κ1) is 21.3. The number of rotatable bonds is 7. The van der Waals surface area contributed by atoms with Gasteiger partial charge in [-0.1, -0.05) is 0 Å². The van der Waals surface area contributed by atoms with Crippen molar-refractivity contribution in [1.29, 1.82) is 0 Å². The maximum atomic E-state index is 10.9. The molecule has 1 aromatic carbocycles. The minimum atomic E-state index is -2.24. The second-order valence-corrected chi connectivity index (χ2v) is 7.55. The van der Waals surface area contributed by atoms with Crippen LogP contribution in [0.3, 0.4) is 0 Å². The van der Waals surface area contributed by atoms with Gasteiger partial charge in [0.25, 0.3) is 0 Å². The van der Waals surface area contributed by atoms with E-state index in [9.17, 15) is 30.3 Å². The highest BCUT2D eigenvalue weighted by molar-refractivity contribution is 7.14. The minimum absolute atomic E-state index is 0.0782. The Morgan fingerprint density at radius 1 is 1.34 bits per heavy atom. The van der Waals surface area contributed by atoms with E-state index < -0.39 is 42.7 Å². The summed E-state index contributed by atoms with van der Waals surface area (Å²) in [6.07, 6.45) is -4.98. The highest BCUT2D eigenvalue weighted by Crippen LogP contribution is 2.43. The standard InChI is InChI=1S/C18H22N2O8S/c1-27-12-4-8(13-5-9(7-29-13)20-17(19)25)2-3-11(12)28-16(24)18(26)10(6-21)14(22)15(18)23/h2-5,7,10,14-16,21-24,26H,6H2,1H3,(H3,19,20,25). The fourth-order valence-electron chi connectivity index (χ4n) is 3.28. The number of benzene rings is 1. The van der Waals surface area contributed by atoms with Crippen LogP contribution < -0.4 is 20.5 Å². The van der Waals surface area contributed by atoms with Crippen molar-refractivity contribution >= 4 is 23.1 Å². The fourth-order valence-corrected chi connectivity index (χ4v) is 4.12. The smallest absolute Gasteiger partial charge is 0.316 e. The Bertz CT molecular complexity index is 890. The van der Waals surface area contributed by atoms with Crippen LogP contribution in [-0.4, -0.2) is 69.4 Å². The van der Waals surface area contributed by atoms with E-state index in [4.69, 9.17) is 15.2 Å². The molecule has 0 saturated heterocycles. The van der Waals surface area contributed by atoms with Crippen molar-refractivity contribution in [3.8, 4) is 21.9 Å². The lowest BCUT2D eigenvalue weighted by Crippen LogP contribution is -2.76. The van der Waals surface area contributed by atoms with Gasteiger partial charge in [0.15, 0.2) is 17.1 Å². The zero-order chi connectivity index (χ0) is 21.3. The first-order chi connectivity index (χ1) is 13.7. The summed E-state index contributed by atoms with van der Waals surface area (Å²) in [5.74, 6) is -0.854. The number of anilines is 1. The van der Waals surface area contributed by atoms with Crippen LogP contribution in [0.1, 0.15) is 0 Å². The lowest BCUT2D eigenvalue weighted by Gasteiger charge is -2.53. The van der Waals surface area contributed by atoms with Crippen LogP contribution in [0.25, 0.3) is 10.4 Å². The fraction of sp³-hybridized carbons (Fsp3) is 0.389. The van der Waals surface area contributed by atoms with E-state index >= 15 is 0 Å². The SMILES string of the molecule is COc1cc(-c2cc(NC(N)=O)cs2)ccc1OC(O)C1(O)C(O)C(O)C1CO. The number of aliphatic hydroxyl groups excluding tert-OH is 4. The molecule has 1 aliphatic rings. The maximum absolute atomic E-state index is 10.9. The van der Waals surface area contributed by atoms with Crippen molar-refractivity contribution < 1.29 is 39.8 Å². The summed E-state index contributed by atoms with van der Waals surface area (Å²) in [6, 6.07) is 5.84. The van der Waals surface area contributed by atoms with Crippen LogP contribution in [0, 0.1) is 5.92 Å². The van der Waals surface area contributed by atoms with Crippen LogP contribution in [0.4, 0.5) is 10.5 Å². The topological polar surface area (TPSA) is 175 Å². The molecular formula is C18H22N2O8S. The third-order valence-electron chi connectivity index (χ3n) is 4.95. The van der Waals surface area contributed by atoms with Gasteiger partial charge in [0, 0.05) is 16.2 Å². The molecule has 1 fully saturated rings. The van der Waals surface area contributed by atoms with E-state index in [2.05, 4.69) is 5.32 Å². The van der Waals surface area contributed by atoms with Gasteiger partial charge in [-0.25, -0.2) is 4.79 Å². The molecule has 0 spiro atoms. The summed E-state index contributed by atoms with van der Waals surface area (Å²) >= 11 is 1.36. The largest absolute Gasteiger partial charge is 0.493 e. The predicted octanol–water partition coefficient (Wildman–Crippen LogP) is -0.313. The van der Waals surface area contributed by atoms with Gasteiger partial charge in [0.05, 0.1) is 25.5 Å². The number of carbonyl (C=O) groups is 1. The first-order valence-electron chi connectivity index (χ1n) is 8.59. The predicted molar refractivity (Wildman–Crippen MR) is 104 cm³/mol. The van der Waals surface area contributed by atoms with Gasteiger partial charge in [0.2, 0.25) is 6.29 Å². The van der Waals surface area contributed by atoms with Gasteiger partial charge in [-0.05, 0) is 29.8 Å². The zero-order valence-electron chi connectivity index (χ0n) is 15.3. The van der Waals surface area contributed by atoms with Gasteiger partial charge >= 0.3 is 6.03 Å². The van der Waals surface area contributed by atoms with Crippen molar-refractivity contribution in [2.45, 2.75) is 24.1 Å². The molecule has 0 aliphatic heterocycles. The van der Waals surface area contributed by atoms with Crippen LogP contribution in [0.5, 0.6) is 11.5 Å². The van der Waals surface area contributed by atoms with Crippen LogP contribution in [0.15, 0.2) is 29.6 Å². The molecule has 0 bridgehead atoms. The molecule has 11 heteroatoms. The molecule has 5 atom stereocenters. The van der Waals surface area contributed by atoms with Crippen LogP contribution in [0.2, 0.25) is 0 Å². The van der Waals surface area contributed by atoms with Crippen molar-refractivity contribution in [2.24, 2.45) is 11.7 Å². The van der Waals surface area contributed by atoms with E-state index in [-0.39, 0.29) is 11.5 Å². The van der Waals surface area contributed by atoms with Gasteiger partial charge in [-0.3, -0.25) is 0 Å². The minimum Gasteiger partial charge on any atom is -0.493 e.